The van der Waals surface area contributed by atoms with Crippen molar-refractivity contribution in [3.63, 3.8) is 0 Å². The van der Waals surface area contributed by atoms with Crippen LogP contribution < -0.4 is 5.32 Å². The highest BCUT2D eigenvalue weighted by Crippen LogP contribution is 2.14. The third-order valence-electron chi connectivity index (χ3n) is 5.99. The van der Waals surface area contributed by atoms with Gasteiger partial charge in [-0.2, -0.15) is 0 Å². The highest BCUT2D eigenvalue weighted by Gasteiger charge is 2.18. The molecule has 2 N–H and O–H groups in total. The van der Waals surface area contributed by atoms with Crippen molar-refractivity contribution < 1.29 is 14.7 Å². The molecule has 1 unspecified atom stereocenters. The van der Waals surface area contributed by atoms with Crippen molar-refractivity contribution in [1.82, 2.24) is 5.32 Å². The first-order valence-electron chi connectivity index (χ1n) is 13.1. The summed E-state index contributed by atoms with van der Waals surface area (Å²) < 4.78 is 0. The third-order valence-corrected chi connectivity index (χ3v) is 5.99. The monoisotopic (exact) mass is 425 g/mol. The van der Waals surface area contributed by atoms with Crippen LogP contribution in [0.2, 0.25) is 0 Å². The summed E-state index contributed by atoms with van der Waals surface area (Å²) in [6.07, 6.45) is 25.2. The second kappa shape index (κ2) is 22.6. The molecule has 30 heavy (non-hydrogen) atoms. The predicted molar refractivity (Wildman–Crippen MR) is 128 cm³/mol. The molecule has 0 aliphatic carbocycles. The third kappa shape index (κ3) is 20.2. The molecule has 0 aromatic heterocycles. The van der Waals surface area contributed by atoms with E-state index in [2.05, 4.69) is 12.2 Å². The molecule has 0 radical (unpaired) electrons. The summed E-state index contributed by atoms with van der Waals surface area (Å²) in [5.41, 5.74) is 0. The van der Waals surface area contributed by atoms with Crippen LogP contribution in [0.15, 0.2) is 0 Å². The van der Waals surface area contributed by atoms with Crippen molar-refractivity contribution in [3.05, 3.63) is 0 Å². The molecule has 4 nitrogen and oxygen atoms in total. The molecule has 0 bridgehead atoms. The number of carboxylic acids is 1. The molecule has 0 fully saturated rings. The lowest BCUT2D eigenvalue weighted by Gasteiger charge is -2.13. The number of hydrogen-bond donors (Lipinski definition) is 2. The fourth-order valence-electron chi connectivity index (χ4n) is 3.94. The maximum Gasteiger partial charge on any atom is 0.326 e. The van der Waals surface area contributed by atoms with Crippen molar-refractivity contribution in [2.24, 2.45) is 0 Å². The molecular weight excluding hydrogens is 374 g/mol. The van der Waals surface area contributed by atoms with Crippen LogP contribution in [0.1, 0.15) is 149 Å². The van der Waals surface area contributed by atoms with Crippen LogP contribution in [0.5, 0.6) is 0 Å². The number of nitrogens with one attached hydrogen (secondary N) is 1. The van der Waals surface area contributed by atoms with E-state index < -0.39 is 12.0 Å². The Labute approximate surface area is 187 Å². The van der Waals surface area contributed by atoms with Gasteiger partial charge in [0.05, 0.1) is 0 Å². The van der Waals surface area contributed by atoms with E-state index in [4.69, 9.17) is 5.11 Å². The molecule has 0 aliphatic rings. The number of aliphatic carboxylic acids is 1. The Morgan fingerprint density at radius 1 is 0.600 bits per heavy atom. The predicted octanol–water partition coefficient (Wildman–Crippen LogP) is 7.79. The van der Waals surface area contributed by atoms with E-state index >= 15 is 0 Å². The van der Waals surface area contributed by atoms with E-state index in [1.54, 1.807) is 0 Å². The van der Waals surface area contributed by atoms with Crippen molar-refractivity contribution in [2.75, 3.05) is 0 Å². The Morgan fingerprint density at radius 2 is 0.967 bits per heavy atom. The first-order valence-corrected chi connectivity index (χ1v) is 13.1. The van der Waals surface area contributed by atoms with Crippen LogP contribution in [0.25, 0.3) is 0 Å². The standard InChI is InChI=1S/C26H51NO3/c1-3-5-7-8-9-10-11-12-13-14-15-16-17-18-19-20-21-23-25(28)27-24(26(29)30)22-6-4-2/h24H,3-23H2,1-2H3,(H,27,28)(H,29,30). The highest BCUT2D eigenvalue weighted by atomic mass is 16.4. The average Bonchev–Trinajstić information content (AvgIpc) is 2.73. The van der Waals surface area contributed by atoms with Gasteiger partial charge < -0.3 is 10.4 Å². The molecule has 0 aromatic carbocycles. The number of unbranched alkanes of at least 4 members (excludes halogenated alkanes) is 17. The van der Waals surface area contributed by atoms with E-state index in [0.29, 0.717) is 12.8 Å². The van der Waals surface area contributed by atoms with Crippen LogP contribution in [-0.2, 0) is 9.59 Å². The van der Waals surface area contributed by atoms with Gasteiger partial charge >= 0.3 is 5.97 Å². The van der Waals surface area contributed by atoms with E-state index in [9.17, 15) is 9.59 Å². The van der Waals surface area contributed by atoms with Gasteiger partial charge in [-0.15, -0.1) is 0 Å². The molecule has 0 heterocycles. The Morgan fingerprint density at radius 3 is 1.33 bits per heavy atom. The number of hydrogen-bond acceptors (Lipinski definition) is 2. The molecular formula is C26H51NO3. The molecule has 4 heteroatoms. The fraction of sp³-hybridized carbons (Fsp3) is 0.923. The molecule has 1 amide bonds. The zero-order valence-electron chi connectivity index (χ0n) is 20.2. The molecule has 0 spiro atoms. The summed E-state index contributed by atoms with van der Waals surface area (Å²) >= 11 is 0. The first-order chi connectivity index (χ1) is 14.6. The van der Waals surface area contributed by atoms with Gasteiger partial charge in [-0.25, -0.2) is 4.79 Å². The van der Waals surface area contributed by atoms with E-state index in [0.717, 1.165) is 25.7 Å². The van der Waals surface area contributed by atoms with Crippen LogP contribution in [-0.4, -0.2) is 23.0 Å². The number of carbonyl (C=O) groups is 2. The zero-order chi connectivity index (χ0) is 22.3. The molecule has 0 saturated carbocycles. The Bertz CT molecular complexity index is 398. The maximum absolute atomic E-state index is 11.9. The maximum atomic E-state index is 11.9. The highest BCUT2D eigenvalue weighted by molar-refractivity contribution is 5.83. The lowest BCUT2D eigenvalue weighted by molar-refractivity contribution is -0.142. The van der Waals surface area contributed by atoms with Crippen molar-refractivity contribution in [2.45, 2.75) is 155 Å². The fourth-order valence-corrected chi connectivity index (χ4v) is 3.94. The average molecular weight is 426 g/mol. The summed E-state index contributed by atoms with van der Waals surface area (Å²) in [7, 11) is 0. The van der Waals surface area contributed by atoms with Crippen molar-refractivity contribution in [1.29, 1.82) is 0 Å². The quantitative estimate of drug-likeness (QED) is 0.164. The topological polar surface area (TPSA) is 66.4 Å². The molecule has 1 atom stereocenters. The lowest BCUT2D eigenvalue weighted by atomic mass is 10.0. The number of carbonyl (C=O) groups excluding carboxylic acids is 1. The minimum atomic E-state index is -0.917. The van der Waals surface area contributed by atoms with Crippen LogP contribution in [0.4, 0.5) is 0 Å². The Balaban J connectivity index is 3.34. The number of carboxylic acid groups (broad SMARTS) is 1. The molecule has 0 rings (SSSR count). The summed E-state index contributed by atoms with van der Waals surface area (Å²) in [4.78, 5) is 23.1. The minimum Gasteiger partial charge on any atom is -0.480 e. The van der Waals surface area contributed by atoms with Crippen LogP contribution >= 0.6 is 0 Å². The van der Waals surface area contributed by atoms with E-state index in [1.807, 2.05) is 6.92 Å². The SMILES string of the molecule is CCCCCCCCCCCCCCCCCCCC(=O)NC(CCCC)C(=O)O. The second-order valence-corrected chi connectivity index (χ2v) is 9.01. The van der Waals surface area contributed by atoms with Crippen molar-refractivity contribution >= 4 is 11.9 Å². The lowest BCUT2D eigenvalue weighted by Crippen LogP contribution is -2.40. The normalized spacial score (nSPS) is 12.1. The minimum absolute atomic E-state index is 0.112. The van der Waals surface area contributed by atoms with Crippen molar-refractivity contribution in [3.8, 4) is 0 Å². The first kappa shape index (κ1) is 28.9. The molecule has 0 aliphatic heterocycles. The van der Waals surface area contributed by atoms with Crippen LogP contribution in [0.3, 0.4) is 0 Å². The molecule has 0 aromatic rings. The molecule has 178 valence electrons. The summed E-state index contributed by atoms with van der Waals surface area (Å²) in [5, 5.41) is 11.8. The van der Waals surface area contributed by atoms with Gasteiger partial charge in [0.15, 0.2) is 0 Å². The van der Waals surface area contributed by atoms with Crippen LogP contribution in [0, 0.1) is 0 Å². The number of amides is 1. The summed E-state index contributed by atoms with van der Waals surface area (Å²) in [6.45, 7) is 4.30. The van der Waals surface area contributed by atoms with Gasteiger partial charge in [-0.3, -0.25) is 4.79 Å². The van der Waals surface area contributed by atoms with Gasteiger partial charge in [0.2, 0.25) is 5.91 Å². The Kier molecular flexibility index (Phi) is 21.8. The van der Waals surface area contributed by atoms with Gasteiger partial charge in [-0.1, -0.05) is 129 Å². The van der Waals surface area contributed by atoms with E-state index in [1.165, 1.54) is 96.3 Å². The Hall–Kier alpha value is -1.06. The van der Waals surface area contributed by atoms with Gasteiger partial charge in [0.1, 0.15) is 6.04 Å². The summed E-state index contributed by atoms with van der Waals surface area (Å²) in [5.74, 6) is -1.03. The zero-order valence-corrected chi connectivity index (χ0v) is 20.2. The molecule has 0 saturated heterocycles. The largest absolute Gasteiger partial charge is 0.480 e. The van der Waals surface area contributed by atoms with Gasteiger partial charge in [0, 0.05) is 6.42 Å². The van der Waals surface area contributed by atoms with Gasteiger partial charge in [0.25, 0.3) is 0 Å². The van der Waals surface area contributed by atoms with Gasteiger partial charge in [-0.05, 0) is 12.8 Å². The summed E-state index contributed by atoms with van der Waals surface area (Å²) in [6, 6.07) is -0.719. The number of rotatable bonds is 23. The van der Waals surface area contributed by atoms with E-state index in [-0.39, 0.29) is 5.91 Å². The second-order valence-electron chi connectivity index (χ2n) is 9.01. The smallest absolute Gasteiger partial charge is 0.326 e.